The first-order valence-corrected chi connectivity index (χ1v) is 8.80. The summed E-state index contributed by atoms with van der Waals surface area (Å²) in [5.74, 6) is -1.56. The second kappa shape index (κ2) is 12.0. The Morgan fingerprint density at radius 3 is 2.04 bits per heavy atom. The highest BCUT2D eigenvalue weighted by Crippen LogP contribution is 2.18. The molecular weight excluding hydrogens is 368 g/mol. The molecule has 0 spiro atoms. The third-order valence-corrected chi connectivity index (χ3v) is 3.42. The molecule has 8 nitrogen and oxygen atoms in total. The molecule has 0 saturated heterocycles. The van der Waals surface area contributed by atoms with E-state index >= 15 is 0 Å². The van der Waals surface area contributed by atoms with Gasteiger partial charge in [0.15, 0.2) is 0 Å². The summed E-state index contributed by atoms with van der Waals surface area (Å²) < 4.78 is 19.9. The van der Waals surface area contributed by atoms with Crippen LogP contribution in [0.5, 0.6) is 0 Å². The third-order valence-electron chi connectivity index (χ3n) is 3.42. The lowest BCUT2D eigenvalue weighted by Crippen LogP contribution is -2.26. The molecule has 3 atom stereocenters. The molecule has 0 radical (unpaired) electrons. The molecule has 0 aromatic heterocycles. The van der Waals surface area contributed by atoms with Crippen LogP contribution in [0.3, 0.4) is 0 Å². The molecule has 0 saturated carbocycles. The van der Waals surface area contributed by atoms with E-state index in [1.807, 2.05) is 6.92 Å². The number of rotatable bonds is 9. The molecule has 2 rings (SSSR count). The Bertz CT molecular complexity index is 650. The molecule has 0 aliphatic carbocycles. The minimum Gasteiger partial charge on any atom is -0.460 e. The normalized spacial score (nSPS) is 15.4. The van der Waals surface area contributed by atoms with Crippen LogP contribution in [0.15, 0.2) is 36.9 Å². The van der Waals surface area contributed by atoms with Crippen LogP contribution in [0, 0.1) is 0 Å². The van der Waals surface area contributed by atoms with Crippen LogP contribution in [0.25, 0.3) is 0 Å². The molecule has 28 heavy (non-hydrogen) atoms. The van der Waals surface area contributed by atoms with Crippen LogP contribution in [0.1, 0.15) is 41.5 Å². The number of hydrogen-bond acceptors (Lipinski definition) is 8. The predicted octanol–water partition coefficient (Wildman–Crippen LogP) is 1.90. The Morgan fingerprint density at radius 1 is 1.04 bits per heavy atom. The summed E-state index contributed by atoms with van der Waals surface area (Å²) in [5.41, 5.74) is 0.718. The number of cyclic esters (lactones) is 2. The molecule has 154 valence electrons. The Morgan fingerprint density at radius 2 is 1.54 bits per heavy atom. The number of carbonyl (C=O) groups excluding carboxylic acids is 3. The van der Waals surface area contributed by atoms with Gasteiger partial charge in [0.05, 0.1) is 42.7 Å². The van der Waals surface area contributed by atoms with Crippen LogP contribution >= 0.6 is 0 Å². The summed E-state index contributed by atoms with van der Waals surface area (Å²) >= 11 is 0. The molecule has 1 heterocycles. The van der Waals surface area contributed by atoms with E-state index in [0.29, 0.717) is 17.7 Å². The van der Waals surface area contributed by atoms with Crippen LogP contribution in [0.2, 0.25) is 0 Å². The van der Waals surface area contributed by atoms with Gasteiger partial charge in [-0.1, -0.05) is 18.7 Å². The maximum atomic E-state index is 10.8. The largest absolute Gasteiger partial charge is 0.460 e. The summed E-state index contributed by atoms with van der Waals surface area (Å²) in [6.07, 6.45) is 0.322. The minimum absolute atomic E-state index is 0.109. The third kappa shape index (κ3) is 8.43. The van der Waals surface area contributed by atoms with Gasteiger partial charge in [-0.25, -0.2) is 14.4 Å². The Hall–Kier alpha value is -2.55. The Kier molecular flexibility index (Phi) is 10.1. The second-order valence-corrected chi connectivity index (χ2v) is 6.19. The average molecular weight is 394 g/mol. The maximum Gasteiger partial charge on any atom is 0.346 e. The van der Waals surface area contributed by atoms with Crippen molar-refractivity contribution in [3.8, 4) is 0 Å². The number of hydrogen-bond donors (Lipinski definition) is 1. The number of aliphatic hydroxyl groups excluding tert-OH is 1. The van der Waals surface area contributed by atoms with Gasteiger partial charge in [0.1, 0.15) is 6.61 Å². The van der Waals surface area contributed by atoms with Crippen LogP contribution in [-0.2, 0) is 23.7 Å². The van der Waals surface area contributed by atoms with Crippen molar-refractivity contribution in [3.05, 3.63) is 48.0 Å². The summed E-state index contributed by atoms with van der Waals surface area (Å²) in [5, 5.41) is 9.02. The SMILES string of the molecule is C=CC(=O)OCC(C)OCC(C)OCC(C)O.O=C1OC(=O)c2ccccc21. The van der Waals surface area contributed by atoms with Crippen molar-refractivity contribution < 1.29 is 38.4 Å². The highest BCUT2D eigenvalue weighted by Gasteiger charge is 2.28. The van der Waals surface area contributed by atoms with Crippen LogP contribution < -0.4 is 0 Å². The van der Waals surface area contributed by atoms with Gasteiger partial charge in [-0.05, 0) is 32.9 Å². The van der Waals surface area contributed by atoms with Gasteiger partial charge in [0.2, 0.25) is 0 Å². The number of esters is 3. The lowest BCUT2D eigenvalue weighted by Gasteiger charge is -2.18. The van der Waals surface area contributed by atoms with Crippen molar-refractivity contribution in [2.75, 3.05) is 19.8 Å². The van der Waals surface area contributed by atoms with E-state index in [1.54, 1.807) is 38.1 Å². The Balaban J connectivity index is 0.000000302. The average Bonchev–Trinajstić information content (AvgIpc) is 2.97. The zero-order valence-electron chi connectivity index (χ0n) is 16.3. The molecule has 1 aliphatic rings. The highest BCUT2D eigenvalue weighted by atomic mass is 16.6. The van der Waals surface area contributed by atoms with Crippen LogP contribution in [-0.4, -0.2) is 61.1 Å². The standard InChI is InChI=1S/C12H22O5.C8H4O3/c1-5-12(14)17-8-11(4)16-7-10(3)15-6-9(2)13;9-7-5-3-1-2-4-6(5)8(10)11-7/h5,9-11,13H,1,6-8H2,2-4H3;1-4H. The summed E-state index contributed by atoms with van der Waals surface area (Å²) in [6.45, 7) is 9.47. The first-order valence-electron chi connectivity index (χ1n) is 8.80. The van der Waals surface area contributed by atoms with E-state index in [-0.39, 0.29) is 25.4 Å². The number of aliphatic hydroxyl groups is 1. The first kappa shape index (κ1) is 23.5. The van der Waals surface area contributed by atoms with Crippen molar-refractivity contribution >= 4 is 17.9 Å². The van der Waals surface area contributed by atoms with Gasteiger partial charge in [0.25, 0.3) is 0 Å². The van der Waals surface area contributed by atoms with E-state index in [4.69, 9.17) is 19.3 Å². The second-order valence-electron chi connectivity index (χ2n) is 6.19. The predicted molar refractivity (Wildman–Crippen MR) is 99.9 cm³/mol. The van der Waals surface area contributed by atoms with Gasteiger partial charge < -0.3 is 24.1 Å². The van der Waals surface area contributed by atoms with Crippen LogP contribution in [0.4, 0.5) is 0 Å². The molecule has 1 N–H and O–H groups in total. The Labute approximate surface area is 164 Å². The molecular formula is C20H26O8. The highest BCUT2D eigenvalue weighted by molar-refractivity contribution is 6.14. The number of benzene rings is 1. The van der Waals surface area contributed by atoms with Gasteiger partial charge in [0, 0.05) is 6.08 Å². The molecule has 1 aliphatic heterocycles. The van der Waals surface area contributed by atoms with E-state index in [2.05, 4.69) is 11.3 Å². The van der Waals surface area contributed by atoms with Gasteiger partial charge in [-0.2, -0.15) is 0 Å². The first-order chi connectivity index (χ1) is 13.2. The molecule has 0 bridgehead atoms. The quantitative estimate of drug-likeness (QED) is 0.384. The van der Waals surface area contributed by atoms with Crippen molar-refractivity contribution in [2.45, 2.75) is 39.1 Å². The van der Waals surface area contributed by atoms with E-state index in [9.17, 15) is 14.4 Å². The van der Waals surface area contributed by atoms with E-state index < -0.39 is 24.0 Å². The van der Waals surface area contributed by atoms with E-state index in [0.717, 1.165) is 6.08 Å². The lowest BCUT2D eigenvalue weighted by molar-refractivity contribution is -0.142. The summed E-state index contributed by atoms with van der Waals surface area (Å²) in [6, 6.07) is 6.53. The van der Waals surface area contributed by atoms with E-state index in [1.165, 1.54) is 0 Å². The van der Waals surface area contributed by atoms with Crippen molar-refractivity contribution in [1.82, 2.24) is 0 Å². The van der Waals surface area contributed by atoms with Gasteiger partial charge in [-0.15, -0.1) is 0 Å². The fraction of sp³-hybridized carbons (Fsp3) is 0.450. The number of ether oxygens (including phenoxy) is 4. The number of carbonyl (C=O) groups is 3. The van der Waals surface area contributed by atoms with Crippen molar-refractivity contribution in [1.29, 1.82) is 0 Å². The maximum absolute atomic E-state index is 10.8. The summed E-state index contributed by atoms with van der Waals surface area (Å²) in [4.78, 5) is 32.4. The zero-order chi connectivity index (χ0) is 21.1. The van der Waals surface area contributed by atoms with Crippen molar-refractivity contribution in [3.63, 3.8) is 0 Å². The number of fused-ring (bicyclic) bond motifs is 1. The molecule has 1 aromatic carbocycles. The molecule has 0 fully saturated rings. The topological polar surface area (TPSA) is 108 Å². The lowest BCUT2D eigenvalue weighted by atomic mass is 10.1. The summed E-state index contributed by atoms with van der Waals surface area (Å²) in [7, 11) is 0. The minimum atomic E-state index is -0.550. The molecule has 1 aromatic rings. The van der Waals surface area contributed by atoms with Gasteiger partial charge >= 0.3 is 17.9 Å². The monoisotopic (exact) mass is 394 g/mol. The fourth-order valence-electron chi connectivity index (χ4n) is 1.99. The molecule has 8 heteroatoms. The zero-order valence-corrected chi connectivity index (χ0v) is 16.3. The molecule has 3 unspecified atom stereocenters. The van der Waals surface area contributed by atoms with Gasteiger partial charge in [-0.3, -0.25) is 0 Å². The fourth-order valence-corrected chi connectivity index (χ4v) is 1.99. The molecule has 0 amide bonds. The smallest absolute Gasteiger partial charge is 0.346 e. The van der Waals surface area contributed by atoms with Crippen molar-refractivity contribution in [2.24, 2.45) is 0 Å².